The van der Waals surface area contributed by atoms with Crippen molar-refractivity contribution < 1.29 is 4.57 Å². The molecular formula is C17H16N5O+. The lowest BCUT2D eigenvalue weighted by Gasteiger charge is -2.21. The first-order chi connectivity index (χ1) is 11.1. The molecule has 0 spiro atoms. The highest BCUT2D eigenvalue weighted by Gasteiger charge is 2.30. The zero-order valence-electron chi connectivity index (χ0n) is 12.6. The van der Waals surface area contributed by atoms with Crippen LogP contribution in [-0.4, -0.2) is 10.9 Å². The zero-order valence-corrected chi connectivity index (χ0v) is 12.6. The molecule has 0 bridgehead atoms. The van der Waals surface area contributed by atoms with Crippen LogP contribution in [0.25, 0.3) is 10.9 Å². The second-order valence-electron chi connectivity index (χ2n) is 5.61. The Morgan fingerprint density at radius 3 is 2.65 bits per heavy atom. The zero-order chi connectivity index (χ0) is 16.0. The van der Waals surface area contributed by atoms with Crippen LogP contribution in [0.15, 0.2) is 58.3 Å². The Balaban J connectivity index is 2.03. The smallest absolute Gasteiger partial charge is 0.357 e. The monoisotopic (exact) mass is 306 g/mol. The summed E-state index contributed by atoms with van der Waals surface area (Å²) in [5, 5.41) is 3.56. The van der Waals surface area contributed by atoms with Crippen LogP contribution in [0, 0.1) is 6.92 Å². The van der Waals surface area contributed by atoms with Crippen LogP contribution in [0.2, 0.25) is 0 Å². The van der Waals surface area contributed by atoms with Crippen molar-refractivity contribution in [3.8, 4) is 0 Å². The molecule has 6 heteroatoms. The van der Waals surface area contributed by atoms with E-state index in [9.17, 15) is 4.79 Å². The largest absolute Gasteiger partial charge is 0.367 e. The van der Waals surface area contributed by atoms with Crippen LogP contribution in [0.4, 0.5) is 5.95 Å². The Kier molecular flexibility index (Phi) is 2.90. The molecule has 2 heterocycles. The number of guanidine groups is 1. The number of H-pyrrole nitrogens is 1. The summed E-state index contributed by atoms with van der Waals surface area (Å²) in [6, 6.07) is 15.6. The Labute approximate surface area is 132 Å². The fourth-order valence-electron chi connectivity index (χ4n) is 2.88. The molecule has 0 saturated heterocycles. The number of rotatable bonds is 1. The van der Waals surface area contributed by atoms with E-state index in [0.717, 1.165) is 11.1 Å². The Hall–Kier alpha value is -3.15. The first-order valence-corrected chi connectivity index (χ1v) is 7.37. The van der Waals surface area contributed by atoms with Gasteiger partial charge in [0.15, 0.2) is 0 Å². The number of benzene rings is 2. The Morgan fingerprint density at radius 1 is 1.13 bits per heavy atom. The maximum Gasteiger partial charge on any atom is 0.367 e. The SMILES string of the molecule is Cc1ccc([C@H]2N=C(N)Nc3[nH]c(=O)c4ccccc4[n+]32)cc1. The van der Waals surface area contributed by atoms with E-state index in [1.54, 1.807) is 6.07 Å². The van der Waals surface area contributed by atoms with Gasteiger partial charge in [0.2, 0.25) is 6.17 Å². The maximum absolute atomic E-state index is 12.3. The predicted molar refractivity (Wildman–Crippen MR) is 89.3 cm³/mol. The quantitative estimate of drug-likeness (QED) is 0.594. The summed E-state index contributed by atoms with van der Waals surface area (Å²) in [6.45, 7) is 2.04. The van der Waals surface area contributed by atoms with Crippen LogP contribution < -0.4 is 21.2 Å². The standard InChI is InChI=1S/C17H15N5O/c1-10-6-8-11(9-7-10)14-19-16(18)21-17-20-15(23)12-4-2-3-5-13(12)22(14)17/h2-9,14H,1H3,(H3,18,19,20,21,23)/p+1/t14-/m0/s1. The van der Waals surface area contributed by atoms with Crippen molar-refractivity contribution in [3.05, 3.63) is 70.0 Å². The van der Waals surface area contributed by atoms with Gasteiger partial charge in [-0.25, -0.2) is 14.9 Å². The van der Waals surface area contributed by atoms with E-state index in [1.165, 1.54) is 5.56 Å². The van der Waals surface area contributed by atoms with E-state index in [0.29, 0.717) is 11.3 Å². The fourth-order valence-corrected chi connectivity index (χ4v) is 2.88. The highest BCUT2D eigenvalue weighted by atomic mass is 16.1. The molecule has 0 saturated carbocycles. The topological polar surface area (TPSA) is 87.1 Å². The third-order valence-electron chi connectivity index (χ3n) is 4.01. The molecule has 1 aliphatic rings. The lowest BCUT2D eigenvalue weighted by molar-refractivity contribution is -0.677. The highest BCUT2D eigenvalue weighted by Crippen LogP contribution is 2.21. The number of hydrogen-bond acceptors (Lipinski definition) is 4. The first-order valence-electron chi connectivity index (χ1n) is 7.37. The third-order valence-corrected chi connectivity index (χ3v) is 4.01. The van der Waals surface area contributed by atoms with Gasteiger partial charge in [0.25, 0.3) is 5.96 Å². The Bertz CT molecular complexity index is 988. The molecule has 1 aromatic heterocycles. The van der Waals surface area contributed by atoms with Crippen LogP contribution in [0.1, 0.15) is 17.3 Å². The van der Waals surface area contributed by atoms with Crippen LogP contribution in [0.3, 0.4) is 0 Å². The van der Waals surface area contributed by atoms with Gasteiger partial charge in [-0.1, -0.05) is 42.0 Å². The summed E-state index contributed by atoms with van der Waals surface area (Å²) in [6.07, 6.45) is -0.325. The van der Waals surface area contributed by atoms with Gasteiger partial charge in [-0.2, -0.15) is 4.99 Å². The minimum absolute atomic E-state index is 0.156. The number of aliphatic imine (C=N–C) groups is 1. The van der Waals surface area contributed by atoms with E-state index in [2.05, 4.69) is 15.3 Å². The van der Waals surface area contributed by atoms with Crippen LogP contribution in [-0.2, 0) is 0 Å². The summed E-state index contributed by atoms with van der Waals surface area (Å²) >= 11 is 0. The van der Waals surface area contributed by atoms with Gasteiger partial charge in [-0.15, -0.1) is 0 Å². The van der Waals surface area contributed by atoms with Crippen molar-refractivity contribution in [1.82, 2.24) is 4.98 Å². The minimum atomic E-state index is -0.325. The third kappa shape index (κ3) is 2.15. The number of para-hydroxylation sites is 1. The maximum atomic E-state index is 12.3. The number of nitrogens with one attached hydrogen (secondary N) is 2. The van der Waals surface area contributed by atoms with Crippen molar-refractivity contribution in [2.45, 2.75) is 13.1 Å². The van der Waals surface area contributed by atoms with Gasteiger partial charge in [0.05, 0.1) is 5.39 Å². The summed E-state index contributed by atoms with van der Waals surface area (Å²) in [5.74, 6) is 0.813. The van der Waals surface area contributed by atoms with Crippen molar-refractivity contribution >= 4 is 22.8 Å². The van der Waals surface area contributed by atoms with E-state index in [-0.39, 0.29) is 17.7 Å². The molecule has 6 nitrogen and oxygen atoms in total. The number of aromatic nitrogens is 2. The molecule has 4 N–H and O–H groups in total. The Morgan fingerprint density at radius 2 is 1.87 bits per heavy atom. The van der Waals surface area contributed by atoms with E-state index in [4.69, 9.17) is 5.73 Å². The van der Waals surface area contributed by atoms with Crippen molar-refractivity contribution in [2.24, 2.45) is 10.7 Å². The van der Waals surface area contributed by atoms with Gasteiger partial charge >= 0.3 is 11.5 Å². The molecule has 0 aliphatic carbocycles. The summed E-state index contributed by atoms with van der Waals surface area (Å²) in [4.78, 5) is 19.6. The minimum Gasteiger partial charge on any atom is -0.357 e. The molecule has 0 amide bonds. The molecule has 0 fully saturated rings. The number of aromatic amines is 1. The van der Waals surface area contributed by atoms with Crippen molar-refractivity contribution in [1.29, 1.82) is 0 Å². The number of hydrogen-bond donors (Lipinski definition) is 3. The van der Waals surface area contributed by atoms with Crippen LogP contribution in [0.5, 0.6) is 0 Å². The summed E-state index contributed by atoms with van der Waals surface area (Å²) in [5.41, 5.74) is 8.74. The highest BCUT2D eigenvalue weighted by molar-refractivity contribution is 5.91. The van der Waals surface area contributed by atoms with Gasteiger partial charge in [0, 0.05) is 5.56 Å². The lowest BCUT2D eigenvalue weighted by Crippen LogP contribution is -2.51. The van der Waals surface area contributed by atoms with Gasteiger partial charge in [-0.05, 0) is 19.1 Å². The number of aryl methyl sites for hydroxylation is 1. The van der Waals surface area contributed by atoms with Gasteiger partial charge < -0.3 is 5.73 Å². The summed E-state index contributed by atoms with van der Waals surface area (Å²) in [7, 11) is 0. The van der Waals surface area contributed by atoms with Crippen LogP contribution >= 0.6 is 0 Å². The molecule has 0 radical (unpaired) electrons. The summed E-state index contributed by atoms with van der Waals surface area (Å²) < 4.78 is 1.96. The van der Waals surface area contributed by atoms with E-state index in [1.807, 2.05) is 54.0 Å². The predicted octanol–water partition coefficient (Wildman–Crippen LogP) is 1.41. The second-order valence-corrected chi connectivity index (χ2v) is 5.61. The van der Waals surface area contributed by atoms with Crippen molar-refractivity contribution in [2.75, 3.05) is 5.32 Å². The molecule has 23 heavy (non-hydrogen) atoms. The number of nitrogens with zero attached hydrogens (tertiary/aromatic N) is 2. The van der Waals surface area contributed by atoms with E-state index < -0.39 is 0 Å². The fraction of sp³-hybridized carbons (Fsp3) is 0.118. The average Bonchev–Trinajstić information content (AvgIpc) is 2.55. The van der Waals surface area contributed by atoms with Gasteiger partial charge in [0.1, 0.15) is 5.52 Å². The second kappa shape index (κ2) is 4.95. The lowest BCUT2D eigenvalue weighted by atomic mass is 10.1. The van der Waals surface area contributed by atoms with Gasteiger partial charge in [-0.3, -0.25) is 4.79 Å². The number of nitrogens with two attached hydrogens (primary N) is 1. The molecular weight excluding hydrogens is 290 g/mol. The first kappa shape index (κ1) is 13.5. The number of anilines is 1. The molecule has 114 valence electrons. The average molecular weight is 306 g/mol. The normalized spacial score (nSPS) is 16.6. The molecule has 3 aromatic rings. The number of fused-ring (bicyclic) bond motifs is 3. The molecule has 1 atom stereocenters. The molecule has 2 aromatic carbocycles. The molecule has 1 aliphatic heterocycles. The van der Waals surface area contributed by atoms with Crippen molar-refractivity contribution in [3.63, 3.8) is 0 Å². The van der Waals surface area contributed by atoms with E-state index >= 15 is 0 Å². The molecule has 0 unspecified atom stereocenters. The molecule has 4 rings (SSSR count).